The summed E-state index contributed by atoms with van der Waals surface area (Å²) in [6.45, 7) is 3.92. The lowest BCUT2D eigenvalue weighted by Crippen LogP contribution is -2.55. The zero-order valence-electron chi connectivity index (χ0n) is 15.6. The van der Waals surface area contributed by atoms with E-state index in [1.807, 2.05) is 13.8 Å². The number of hydrogen-bond acceptors (Lipinski definition) is 7. The summed E-state index contributed by atoms with van der Waals surface area (Å²) in [7, 11) is 0. The summed E-state index contributed by atoms with van der Waals surface area (Å²) in [5.74, 6) is -1.82. The van der Waals surface area contributed by atoms with Crippen LogP contribution in [0.4, 0.5) is 5.69 Å². The lowest BCUT2D eigenvalue weighted by atomic mass is 9.87. The third kappa shape index (κ3) is 6.93. The van der Waals surface area contributed by atoms with Crippen LogP contribution in [0.2, 0.25) is 0 Å². The molecule has 0 fully saturated rings. The van der Waals surface area contributed by atoms with E-state index < -0.39 is 22.2 Å². The molecule has 9 heteroatoms. The van der Waals surface area contributed by atoms with Crippen molar-refractivity contribution in [2.45, 2.75) is 62.8 Å². The standard InChI is InChI=1S/C18H26N2O6S/c1-3-4-5-7-16(21)18(19,17(22)23)10-6-11-26-27-15-12-13(2)8-9-14(15)20(24)25/h8-9,12H,3-7,10-11,19H2,1-2H3,(H,22,23)/t18-/m0/s1. The van der Waals surface area contributed by atoms with Crippen molar-refractivity contribution in [2.75, 3.05) is 6.61 Å². The van der Waals surface area contributed by atoms with Gasteiger partial charge >= 0.3 is 5.97 Å². The molecule has 0 saturated heterocycles. The summed E-state index contributed by atoms with van der Waals surface area (Å²) in [6.07, 6.45) is 2.72. The van der Waals surface area contributed by atoms with Crippen LogP contribution in [-0.4, -0.2) is 33.9 Å². The summed E-state index contributed by atoms with van der Waals surface area (Å²) in [5, 5.41) is 20.4. The van der Waals surface area contributed by atoms with E-state index in [1.54, 1.807) is 12.1 Å². The van der Waals surface area contributed by atoms with Gasteiger partial charge in [-0.15, -0.1) is 0 Å². The highest BCUT2D eigenvalue weighted by Crippen LogP contribution is 2.31. The van der Waals surface area contributed by atoms with Gasteiger partial charge in [0.05, 0.1) is 11.5 Å². The molecule has 1 aromatic carbocycles. The smallest absolute Gasteiger partial charge is 0.331 e. The van der Waals surface area contributed by atoms with Crippen molar-refractivity contribution in [3.05, 3.63) is 33.9 Å². The molecule has 0 heterocycles. The van der Waals surface area contributed by atoms with Gasteiger partial charge in [0.15, 0.2) is 11.3 Å². The van der Waals surface area contributed by atoms with Crippen LogP contribution in [0.15, 0.2) is 23.1 Å². The monoisotopic (exact) mass is 398 g/mol. The van der Waals surface area contributed by atoms with Crippen LogP contribution < -0.4 is 5.73 Å². The number of nitro groups is 1. The van der Waals surface area contributed by atoms with Gasteiger partial charge in [-0.2, -0.15) is 0 Å². The molecule has 1 aromatic rings. The predicted octanol–water partition coefficient (Wildman–Crippen LogP) is 3.64. The van der Waals surface area contributed by atoms with Gasteiger partial charge in [0.1, 0.15) is 4.90 Å². The Morgan fingerprint density at radius 2 is 2.04 bits per heavy atom. The number of benzene rings is 1. The van der Waals surface area contributed by atoms with Crippen molar-refractivity contribution in [3.63, 3.8) is 0 Å². The molecule has 0 aliphatic rings. The number of nitrogens with two attached hydrogens (primary N) is 1. The highest BCUT2D eigenvalue weighted by molar-refractivity contribution is 7.94. The van der Waals surface area contributed by atoms with Crippen molar-refractivity contribution in [1.29, 1.82) is 0 Å². The van der Waals surface area contributed by atoms with Crippen molar-refractivity contribution in [2.24, 2.45) is 5.73 Å². The first-order chi connectivity index (χ1) is 12.7. The molecule has 0 radical (unpaired) electrons. The van der Waals surface area contributed by atoms with Gasteiger partial charge in [-0.1, -0.05) is 25.8 Å². The molecule has 27 heavy (non-hydrogen) atoms. The minimum absolute atomic E-state index is 0.0518. The highest BCUT2D eigenvalue weighted by Gasteiger charge is 2.40. The average molecular weight is 398 g/mol. The lowest BCUT2D eigenvalue weighted by Gasteiger charge is -2.23. The molecular weight excluding hydrogens is 372 g/mol. The van der Waals surface area contributed by atoms with Gasteiger partial charge in [-0.3, -0.25) is 14.9 Å². The fourth-order valence-corrected chi connectivity index (χ4v) is 3.27. The summed E-state index contributed by atoms with van der Waals surface area (Å²) >= 11 is 0.859. The minimum Gasteiger partial charge on any atom is -0.480 e. The third-order valence-corrected chi connectivity index (χ3v) is 4.94. The zero-order chi connectivity index (χ0) is 20.4. The number of hydrogen-bond donors (Lipinski definition) is 2. The first-order valence-corrected chi connectivity index (χ1v) is 9.56. The van der Waals surface area contributed by atoms with Crippen LogP contribution >= 0.6 is 12.0 Å². The van der Waals surface area contributed by atoms with E-state index in [2.05, 4.69) is 0 Å². The number of unbranched alkanes of at least 4 members (excludes halogenated alkanes) is 2. The molecule has 0 aliphatic heterocycles. The van der Waals surface area contributed by atoms with Gasteiger partial charge in [0.2, 0.25) is 0 Å². The summed E-state index contributed by atoms with van der Waals surface area (Å²) in [6, 6.07) is 4.69. The largest absolute Gasteiger partial charge is 0.480 e. The van der Waals surface area contributed by atoms with E-state index in [-0.39, 0.29) is 31.6 Å². The Hall–Kier alpha value is -1.97. The van der Waals surface area contributed by atoms with Crippen molar-refractivity contribution < 1.29 is 23.8 Å². The zero-order valence-corrected chi connectivity index (χ0v) is 16.4. The summed E-state index contributed by atoms with van der Waals surface area (Å²) in [4.78, 5) is 34.6. The number of carbonyl (C=O) groups is 2. The van der Waals surface area contributed by atoms with Crippen LogP contribution in [0.3, 0.4) is 0 Å². The van der Waals surface area contributed by atoms with Gasteiger partial charge in [0, 0.05) is 24.5 Å². The molecule has 1 rings (SSSR count). The average Bonchev–Trinajstić information content (AvgIpc) is 2.60. The molecule has 0 amide bonds. The number of ketones is 1. The van der Waals surface area contributed by atoms with Gasteiger partial charge in [-0.25, -0.2) is 4.79 Å². The van der Waals surface area contributed by atoms with Crippen molar-refractivity contribution in [3.8, 4) is 0 Å². The number of nitrogens with zero attached hydrogens (tertiary/aromatic N) is 1. The molecule has 0 aromatic heterocycles. The number of nitro benzene ring substituents is 1. The molecule has 0 unspecified atom stereocenters. The number of carboxylic acid groups (broad SMARTS) is 1. The summed E-state index contributed by atoms with van der Waals surface area (Å²) in [5.41, 5.74) is 4.72. The molecular formula is C18H26N2O6S. The maximum absolute atomic E-state index is 12.2. The van der Waals surface area contributed by atoms with E-state index in [1.165, 1.54) is 6.07 Å². The topological polar surface area (TPSA) is 133 Å². The Morgan fingerprint density at radius 1 is 1.33 bits per heavy atom. The number of Topliss-reactive ketones (excluding diaryl/α,β-unsaturated/α-hetero) is 1. The van der Waals surface area contributed by atoms with E-state index in [0.717, 1.165) is 30.4 Å². The first-order valence-electron chi connectivity index (χ1n) is 8.82. The molecule has 1 atom stereocenters. The van der Waals surface area contributed by atoms with E-state index >= 15 is 0 Å². The van der Waals surface area contributed by atoms with Crippen LogP contribution in [0.25, 0.3) is 0 Å². The van der Waals surface area contributed by atoms with Gasteiger partial charge < -0.3 is 15.0 Å². The van der Waals surface area contributed by atoms with E-state index in [0.29, 0.717) is 11.3 Å². The van der Waals surface area contributed by atoms with E-state index in [9.17, 15) is 24.8 Å². The van der Waals surface area contributed by atoms with E-state index in [4.69, 9.17) is 9.92 Å². The Kier molecular flexibility index (Phi) is 9.40. The number of carboxylic acids is 1. The number of aliphatic carboxylic acids is 1. The molecule has 150 valence electrons. The lowest BCUT2D eigenvalue weighted by molar-refractivity contribution is -0.387. The molecule has 0 aliphatic carbocycles. The second kappa shape index (κ2) is 11.0. The normalized spacial score (nSPS) is 13.1. The Morgan fingerprint density at radius 3 is 2.63 bits per heavy atom. The maximum atomic E-state index is 12.2. The second-order valence-corrected chi connectivity index (χ2v) is 7.24. The second-order valence-electron chi connectivity index (χ2n) is 6.39. The minimum atomic E-state index is -1.92. The molecule has 8 nitrogen and oxygen atoms in total. The summed E-state index contributed by atoms with van der Waals surface area (Å²) < 4.78 is 5.37. The highest BCUT2D eigenvalue weighted by atomic mass is 32.2. The fourth-order valence-electron chi connectivity index (χ4n) is 2.48. The predicted molar refractivity (Wildman–Crippen MR) is 103 cm³/mol. The SMILES string of the molecule is CCCCCC(=O)[C@@](N)(CCCOSc1cc(C)ccc1[N+](=O)[O-])C(=O)O. The van der Waals surface area contributed by atoms with Gasteiger partial charge in [0.25, 0.3) is 5.69 Å². The number of carbonyl (C=O) groups excluding carboxylic acids is 1. The number of rotatable bonds is 13. The molecule has 0 spiro atoms. The maximum Gasteiger partial charge on any atom is 0.331 e. The van der Waals surface area contributed by atoms with Gasteiger partial charge in [-0.05, 0) is 37.8 Å². The molecule has 0 saturated carbocycles. The van der Waals surface area contributed by atoms with Crippen molar-refractivity contribution >= 4 is 29.5 Å². The molecule has 0 bridgehead atoms. The quantitative estimate of drug-likeness (QED) is 0.169. The first kappa shape index (κ1) is 23.1. The Balaban J connectivity index is 2.56. The Bertz CT molecular complexity index is 682. The van der Waals surface area contributed by atoms with Crippen molar-refractivity contribution in [1.82, 2.24) is 0 Å². The molecule has 3 N–H and O–H groups in total. The van der Waals surface area contributed by atoms with Crippen LogP contribution in [-0.2, 0) is 13.8 Å². The number of aryl methyl sites for hydroxylation is 1. The third-order valence-electron chi connectivity index (χ3n) is 4.15. The Labute approximate surface area is 162 Å². The van der Waals surface area contributed by atoms with Crippen LogP contribution in [0.5, 0.6) is 0 Å². The van der Waals surface area contributed by atoms with Crippen LogP contribution in [0, 0.1) is 17.0 Å². The van der Waals surface area contributed by atoms with Crippen LogP contribution in [0.1, 0.15) is 51.0 Å². The fraction of sp³-hybridized carbons (Fsp3) is 0.556.